The molecule has 0 aliphatic carbocycles. The number of ketones is 1. The molecule has 0 amide bonds. The Labute approximate surface area is 166 Å². The minimum Gasteiger partial charge on any atom is -0.483 e. The number of carbonyl (C=O) groups is 1. The van der Waals surface area contributed by atoms with Gasteiger partial charge < -0.3 is 9.64 Å². The van der Waals surface area contributed by atoms with Crippen molar-refractivity contribution in [2.75, 3.05) is 14.1 Å². The van der Waals surface area contributed by atoms with E-state index in [9.17, 15) is 18.0 Å². The van der Waals surface area contributed by atoms with Gasteiger partial charge in [-0.1, -0.05) is 23.7 Å². The first kappa shape index (κ1) is 21.8. The normalized spacial score (nSPS) is 12.8. The Bertz CT molecular complexity index is 850. The van der Waals surface area contributed by atoms with Crippen molar-refractivity contribution in [3.63, 3.8) is 0 Å². The van der Waals surface area contributed by atoms with Gasteiger partial charge >= 0.3 is 6.18 Å². The molecule has 1 unspecified atom stereocenters. The fraction of sp³-hybridized carbons (Fsp3) is 0.300. The zero-order valence-corrected chi connectivity index (χ0v) is 16.4. The minimum atomic E-state index is -4.48. The second-order valence-corrected chi connectivity index (χ2v) is 6.82. The highest BCUT2D eigenvalue weighted by Gasteiger charge is 2.31. The van der Waals surface area contributed by atoms with Crippen LogP contribution in [0.1, 0.15) is 23.7 Å². The first-order chi connectivity index (χ1) is 13.1. The van der Waals surface area contributed by atoms with E-state index in [0.717, 1.165) is 17.8 Å². The second-order valence-electron chi connectivity index (χ2n) is 6.41. The molecule has 0 saturated carbocycles. The van der Waals surface area contributed by atoms with Crippen molar-refractivity contribution < 1.29 is 22.7 Å². The molecule has 8 heteroatoms. The summed E-state index contributed by atoms with van der Waals surface area (Å²) in [6, 6.07) is 7.74. The number of pyridine rings is 1. The van der Waals surface area contributed by atoms with Gasteiger partial charge in [0.25, 0.3) is 0 Å². The van der Waals surface area contributed by atoms with Gasteiger partial charge in [0.15, 0.2) is 11.9 Å². The van der Waals surface area contributed by atoms with Gasteiger partial charge in [-0.2, -0.15) is 13.2 Å². The Morgan fingerprint density at radius 1 is 1.29 bits per heavy atom. The van der Waals surface area contributed by atoms with Crippen molar-refractivity contribution in [1.29, 1.82) is 0 Å². The van der Waals surface area contributed by atoms with Crippen LogP contribution in [0.4, 0.5) is 13.2 Å². The maximum absolute atomic E-state index is 12.7. The van der Waals surface area contributed by atoms with E-state index in [0.29, 0.717) is 11.4 Å². The van der Waals surface area contributed by atoms with Crippen LogP contribution >= 0.6 is 11.6 Å². The Hall–Kier alpha value is -2.54. The summed E-state index contributed by atoms with van der Waals surface area (Å²) in [5.41, 5.74) is 0.265. The Morgan fingerprint density at radius 2 is 1.93 bits per heavy atom. The molecule has 0 N–H and O–H groups in total. The van der Waals surface area contributed by atoms with Gasteiger partial charge in [0.05, 0.1) is 16.3 Å². The summed E-state index contributed by atoms with van der Waals surface area (Å²) in [6.45, 7) is 1.65. The van der Waals surface area contributed by atoms with E-state index in [-0.39, 0.29) is 17.2 Å². The largest absolute Gasteiger partial charge is 0.483 e. The van der Waals surface area contributed by atoms with Crippen LogP contribution in [-0.4, -0.2) is 35.9 Å². The van der Waals surface area contributed by atoms with Crippen LogP contribution in [0.15, 0.2) is 48.8 Å². The molecular formula is C20H20ClF3N2O2. The molecule has 150 valence electrons. The summed E-state index contributed by atoms with van der Waals surface area (Å²) in [4.78, 5) is 17.5. The smallest absolute Gasteiger partial charge is 0.417 e. The van der Waals surface area contributed by atoms with E-state index in [1.54, 1.807) is 42.3 Å². The fourth-order valence-electron chi connectivity index (χ4n) is 2.25. The van der Waals surface area contributed by atoms with Crippen LogP contribution in [0.2, 0.25) is 5.02 Å². The Balaban J connectivity index is 2.02. The van der Waals surface area contributed by atoms with Crippen LogP contribution in [0.3, 0.4) is 0 Å². The van der Waals surface area contributed by atoms with Gasteiger partial charge in [-0.3, -0.25) is 9.78 Å². The standard InChI is InChI=1S/C20H20ClF3N2O2/c1-13(19(27)8-9-26(2)3)28-16-6-4-14(5-7-16)10-18-17(21)11-15(12-25-18)20(22,23)24/h4-9,11-13H,10H2,1-3H3. The third-order valence-corrected chi connectivity index (χ3v) is 4.12. The molecule has 0 aliphatic heterocycles. The van der Waals surface area contributed by atoms with Crippen molar-refractivity contribution in [1.82, 2.24) is 9.88 Å². The van der Waals surface area contributed by atoms with Crippen LogP contribution in [0, 0.1) is 0 Å². The number of carbonyl (C=O) groups excluding carboxylic acids is 1. The second kappa shape index (κ2) is 9.10. The maximum Gasteiger partial charge on any atom is 0.417 e. The van der Waals surface area contributed by atoms with Crippen LogP contribution in [0.25, 0.3) is 0 Å². The maximum atomic E-state index is 12.7. The summed E-state index contributed by atoms with van der Waals surface area (Å²) >= 11 is 5.94. The molecule has 0 saturated heterocycles. The lowest BCUT2D eigenvalue weighted by Gasteiger charge is -2.13. The van der Waals surface area contributed by atoms with Gasteiger partial charge in [-0.25, -0.2) is 0 Å². The number of aromatic nitrogens is 1. The van der Waals surface area contributed by atoms with Gasteiger partial charge in [0.1, 0.15) is 5.75 Å². The van der Waals surface area contributed by atoms with Crippen LogP contribution < -0.4 is 4.74 Å². The van der Waals surface area contributed by atoms with E-state index in [4.69, 9.17) is 16.3 Å². The van der Waals surface area contributed by atoms with Crippen molar-refractivity contribution in [2.45, 2.75) is 25.6 Å². The third-order valence-electron chi connectivity index (χ3n) is 3.79. The predicted octanol–water partition coefficient (Wildman–Crippen LogP) is 4.76. The number of alkyl halides is 3. The molecule has 28 heavy (non-hydrogen) atoms. The average molecular weight is 413 g/mol. The van der Waals surface area contributed by atoms with Crippen molar-refractivity contribution in [2.24, 2.45) is 0 Å². The van der Waals surface area contributed by atoms with E-state index in [2.05, 4.69) is 4.98 Å². The molecule has 0 fully saturated rings. The van der Waals surface area contributed by atoms with E-state index in [1.165, 1.54) is 6.08 Å². The van der Waals surface area contributed by atoms with Crippen molar-refractivity contribution >= 4 is 17.4 Å². The lowest BCUT2D eigenvalue weighted by molar-refractivity contribution is -0.137. The summed E-state index contributed by atoms with van der Waals surface area (Å²) in [7, 11) is 3.62. The highest BCUT2D eigenvalue weighted by atomic mass is 35.5. The van der Waals surface area contributed by atoms with Crippen LogP contribution in [0.5, 0.6) is 5.75 Å². The van der Waals surface area contributed by atoms with Crippen LogP contribution in [-0.2, 0) is 17.4 Å². The number of halogens is 4. The van der Waals surface area contributed by atoms with Gasteiger partial charge in [-0.05, 0) is 30.7 Å². The number of nitrogens with zero attached hydrogens (tertiary/aromatic N) is 2. The number of benzene rings is 1. The minimum absolute atomic E-state index is 0.0398. The molecule has 2 rings (SSSR count). The zero-order chi connectivity index (χ0) is 20.9. The van der Waals surface area contributed by atoms with Gasteiger partial charge in [0, 0.05) is 39.0 Å². The predicted molar refractivity (Wildman–Crippen MR) is 101 cm³/mol. The molecule has 0 aliphatic rings. The van der Waals surface area contributed by atoms with E-state index < -0.39 is 17.8 Å². The first-order valence-electron chi connectivity index (χ1n) is 8.42. The molecule has 0 bridgehead atoms. The Morgan fingerprint density at radius 3 is 2.46 bits per heavy atom. The first-order valence-corrected chi connectivity index (χ1v) is 8.79. The molecule has 1 atom stereocenters. The fourth-order valence-corrected chi connectivity index (χ4v) is 2.48. The molecule has 1 heterocycles. The molecule has 4 nitrogen and oxygen atoms in total. The van der Waals surface area contributed by atoms with Gasteiger partial charge in [-0.15, -0.1) is 0 Å². The highest BCUT2D eigenvalue weighted by molar-refractivity contribution is 6.31. The quantitative estimate of drug-likeness (QED) is 0.615. The van der Waals surface area contributed by atoms with Gasteiger partial charge in [0.2, 0.25) is 0 Å². The molecule has 0 radical (unpaired) electrons. The zero-order valence-electron chi connectivity index (χ0n) is 15.6. The Kier molecular flexibility index (Phi) is 7.07. The van der Waals surface area contributed by atoms with E-state index in [1.807, 2.05) is 14.1 Å². The summed E-state index contributed by atoms with van der Waals surface area (Å²) in [5.74, 6) is 0.341. The molecule has 1 aromatic heterocycles. The molecule has 2 aromatic rings. The van der Waals surface area contributed by atoms with E-state index >= 15 is 0 Å². The number of ether oxygens (including phenoxy) is 1. The van der Waals surface area contributed by atoms with Crippen molar-refractivity contribution in [3.05, 3.63) is 70.6 Å². The topological polar surface area (TPSA) is 42.4 Å². The number of hydrogen-bond donors (Lipinski definition) is 0. The molecule has 0 spiro atoms. The van der Waals surface area contributed by atoms with Crippen molar-refractivity contribution in [3.8, 4) is 5.75 Å². The lowest BCUT2D eigenvalue weighted by Crippen LogP contribution is -2.22. The monoisotopic (exact) mass is 412 g/mol. The third kappa shape index (κ3) is 6.27. The SMILES string of the molecule is CC(Oc1ccc(Cc2ncc(C(F)(F)F)cc2Cl)cc1)C(=O)C=CN(C)C. The lowest BCUT2D eigenvalue weighted by atomic mass is 10.1. The number of hydrogen-bond acceptors (Lipinski definition) is 4. The number of rotatable bonds is 7. The highest BCUT2D eigenvalue weighted by Crippen LogP contribution is 2.31. The molecular weight excluding hydrogens is 393 g/mol. The summed E-state index contributed by atoms with van der Waals surface area (Å²) < 4.78 is 43.6. The molecule has 1 aromatic carbocycles. The summed E-state index contributed by atoms with van der Waals surface area (Å²) in [6.07, 6.45) is -0.995. The average Bonchev–Trinajstić information content (AvgIpc) is 2.62. The summed E-state index contributed by atoms with van der Waals surface area (Å²) in [5, 5.41) is -0.0398.